The van der Waals surface area contributed by atoms with E-state index in [0.29, 0.717) is 12.8 Å². The summed E-state index contributed by atoms with van der Waals surface area (Å²) in [5.74, 6) is 0. The third kappa shape index (κ3) is 25.7. The van der Waals surface area contributed by atoms with Crippen molar-refractivity contribution in [2.75, 3.05) is 0 Å². The summed E-state index contributed by atoms with van der Waals surface area (Å²) in [5.41, 5.74) is 3.62. The number of hydrogen-bond donors (Lipinski definition) is 11. The van der Waals surface area contributed by atoms with Gasteiger partial charge >= 0.3 is 0 Å². The Kier molecular flexibility index (Phi) is 26.3. The highest BCUT2D eigenvalue weighted by Gasteiger charge is 2.21. The highest BCUT2D eigenvalue weighted by atomic mass is 17.3. The normalized spacial score (nSPS) is 15.3. The summed E-state index contributed by atoms with van der Waals surface area (Å²) in [4.78, 5) is 11.9. The predicted octanol–water partition coefficient (Wildman–Crippen LogP) is 0.947. The van der Waals surface area contributed by atoms with Gasteiger partial charge in [-0.3, -0.25) is 5.32 Å². The zero-order valence-corrected chi connectivity index (χ0v) is 22.5. The van der Waals surface area contributed by atoms with Gasteiger partial charge in [0.25, 0.3) is 6.41 Å². The number of hydroxylamine groups is 2. The van der Waals surface area contributed by atoms with E-state index in [2.05, 4.69) is 20.2 Å². The number of aliphatic hydroxyl groups is 7. The maximum atomic E-state index is 10.2. The number of rotatable bonds is 29. The molecule has 14 nitrogen and oxygen atoms in total. The Balaban J connectivity index is 3.64. The Morgan fingerprint density at radius 1 is 0.500 bits per heavy atom. The SMILES string of the molecule is OONC(O)OONC(O)CCC(NC(O)CCCCCCCCCCCCCCCCC(O)O)C(O)O. The molecule has 0 saturated carbocycles. The Labute approximate surface area is 225 Å². The second kappa shape index (κ2) is 26.7. The lowest BCUT2D eigenvalue weighted by molar-refractivity contribution is -0.455. The molecule has 0 bridgehead atoms. The van der Waals surface area contributed by atoms with Gasteiger partial charge in [-0.05, 0) is 38.5 Å². The highest BCUT2D eigenvalue weighted by Crippen LogP contribution is 2.14. The minimum Gasteiger partial charge on any atom is -0.379 e. The third-order valence-corrected chi connectivity index (χ3v) is 6.18. The van der Waals surface area contributed by atoms with Gasteiger partial charge in [0, 0.05) is 0 Å². The third-order valence-electron chi connectivity index (χ3n) is 6.18. The average Bonchev–Trinajstić information content (AvgIpc) is 2.86. The van der Waals surface area contributed by atoms with Gasteiger partial charge in [-0.1, -0.05) is 77.0 Å². The van der Waals surface area contributed by atoms with Crippen LogP contribution in [0.4, 0.5) is 0 Å². The van der Waals surface area contributed by atoms with Crippen molar-refractivity contribution in [3.8, 4) is 0 Å². The topological polar surface area (TPSA) is 226 Å². The molecule has 0 aliphatic carbocycles. The summed E-state index contributed by atoms with van der Waals surface area (Å²) in [6.07, 6.45) is 9.98. The number of aliphatic hydroxyl groups excluding tert-OH is 5. The molecule has 38 heavy (non-hydrogen) atoms. The van der Waals surface area contributed by atoms with Gasteiger partial charge in [-0.25, -0.2) is 5.26 Å². The van der Waals surface area contributed by atoms with Gasteiger partial charge < -0.3 is 35.7 Å². The summed E-state index contributed by atoms with van der Waals surface area (Å²) in [7, 11) is 0. The van der Waals surface area contributed by atoms with E-state index in [1.165, 1.54) is 51.4 Å². The van der Waals surface area contributed by atoms with Crippen molar-refractivity contribution in [2.45, 2.75) is 153 Å². The van der Waals surface area contributed by atoms with Crippen LogP contribution in [-0.4, -0.2) is 78.5 Å². The fraction of sp³-hybridized carbons (Fsp3) is 1.00. The molecule has 11 N–H and O–H groups in total. The van der Waals surface area contributed by atoms with Crippen LogP contribution < -0.4 is 16.3 Å². The van der Waals surface area contributed by atoms with Gasteiger partial charge in [0.15, 0.2) is 12.6 Å². The minimum atomic E-state index is -1.82. The summed E-state index contributed by atoms with van der Waals surface area (Å²) in [6, 6.07) is -0.877. The number of nitrogens with one attached hydrogen (secondary N) is 3. The van der Waals surface area contributed by atoms with E-state index < -0.39 is 37.5 Å². The predicted molar refractivity (Wildman–Crippen MR) is 137 cm³/mol. The van der Waals surface area contributed by atoms with Crippen molar-refractivity contribution in [1.29, 1.82) is 0 Å². The van der Waals surface area contributed by atoms with Crippen molar-refractivity contribution in [3.63, 3.8) is 0 Å². The summed E-state index contributed by atoms with van der Waals surface area (Å²) in [5, 5.41) is 76.3. The van der Waals surface area contributed by atoms with Crippen LogP contribution in [0, 0.1) is 0 Å². The molecular weight excluding hydrogens is 506 g/mol. The molecule has 14 heteroatoms. The van der Waals surface area contributed by atoms with Crippen LogP contribution in [0.25, 0.3) is 0 Å². The van der Waals surface area contributed by atoms with E-state index in [0.717, 1.165) is 38.5 Å². The monoisotopic (exact) mass is 559 g/mol. The van der Waals surface area contributed by atoms with Gasteiger partial charge in [-0.2, -0.15) is 4.89 Å². The van der Waals surface area contributed by atoms with Crippen LogP contribution in [0.3, 0.4) is 0 Å². The molecule has 0 saturated heterocycles. The molecule has 0 aromatic carbocycles. The maximum Gasteiger partial charge on any atom is 0.271 e. The quantitative estimate of drug-likeness (QED) is 0.0265. The van der Waals surface area contributed by atoms with E-state index in [-0.39, 0.29) is 12.8 Å². The molecule has 0 aromatic heterocycles. The molecule has 0 spiro atoms. The zero-order chi connectivity index (χ0) is 28.4. The number of hydrogen-bond acceptors (Lipinski definition) is 14. The van der Waals surface area contributed by atoms with Crippen molar-refractivity contribution >= 4 is 0 Å². The van der Waals surface area contributed by atoms with Crippen molar-refractivity contribution in [1.82, 2.24) is 16.3 Å². The van der Waals surface area contributed by atoms with Gasteiger partial charge in [0.2, 0.25) is 0 Å². The smallest absolute Gasteiger partial charge is 0.271 e. The molecule has 0 radical (unpaired) electrons. The average molecular weight is 560 g/mol. The molecule has 4 unspecified atom stereocenters. The van der Waals surface area contributed by atoms with E-state index in [1.807, 2.05) is 5.48 Å². The lowest BCUT2D eigenvalue weighted by atomic mass is 10.0. The van der Waals surface area contributed by atoms with Crippen molar-refractivity contribution in [3.05, 3.63) is 0 Å². The van der Waals surface area contributed by atoms with E-state index in [1.54, 1.807) is 5.48 Å². The van der Waals surface area contributed by atoms with Gasteiger partial charge in [0.1, 0.15) is 12.5 Å². The molecular formula is C24H53N3O11. The largest absolute Gasteiger partial charge is 0.379 e. The molecule has 0 aliphatic heterocycles. The Morgan fingerprint density at radius 2 is 0.974 bits per heavy atom. The van der Waals surface area contributed by atoms with Gasteiger partial charge in [0.05, 0.1) is 6.04 Å². The second-order valence-electron chi connectivity index (χ2n) is 9.66. The van der Waals surface area contributed by atoms with E-state index in [4.69, 9.17) is 20.6 Å². The summed E-state index contributed by atoms with van der Waals surface area (Å²) < 4.78 is 0. The first-order valence-corrected chi connectivity index (χ1v) is 13.9. The van der Waals surface area contributed by atoms with Gasteiger partial charge in [-0.15, -0.1) is 20.9 Å². The molecule has 230 valence electrons. The maximum absolute atomic E-state index is 10.2. The van der Waals surface area contributed by atoms with E-state index >= 15 is 0 Å². The standard InChI is InChI=1S/C24H53N3O11/c28-20(25-19(23(32)33)17-18-21(29)26-38-36-24(34)27-37-35)15-13-11-9-7-5-3-1-2-4-6-8-10-12-14-16-22(30)31/h19-35H,1-18H2. The van der Waals surface area contributed by atoms with Crippen LogP contribution in [0.15, 0.2) is 0 Å². The van der Waals surface area contributed by atoms with Crippen molar-refractivity contribution < 1.29 is 55.9 Å². The first-order valence-electron chi connectivity index (χ1n) is 13.9. The molecule has 0 heterocycles. The molecule has 0 aromatic rings. The van der Waals surface area contributed by atoms with Crippen LogP contribution >= 0.6 is 0 Å². The fourth-order valence-electron chi connectivity index (χ4n) is 4.02. The first kappa shape index (κ1) is 37.4. The highest BCUT2D eigenvalue weighted by molar-refractivity contribution is 4.72. The zero-order valence-electron chi connectivity index (χ0n) is 22.5. The van der Waals surface area contributed by atoms with Crippen molar-refractivity contribution in [2.24, 2.45) is 0 Å². The Morgan fingerprint density at radius 3 is 1.42 bits per heavy atom. The Bertz CT molecular complexity index is 496. The number of unbranched alkanes of at least 4 members (excludes halogenated alkanes) is 13. The van der Waals surface area contributed by atoms with Crippen LogP contribution in [0.5, 0.6) is 0 Å². The first-order chi connectivity index (χ1) is 18.3. The van der Waals surface area contributed by atoms with Crippen LogP contribution in [0.1, 0.15) is 116 Å². The van der Waals surface area contributed by atoms with Crippen LogP contribution in [-0.2, 0) is 14.9 Å². The summed E-state index contributed by atoms with van der Waals surface area (Å²) in [6.45, 7) is 0. The molecule has 0 aliphatic rings. The lowest BCUT2D eigenvalue weighted by Crippen LogP contribution is -2.46. The second-order valence-corrected chi connectivity index (χ2v) is 9.66. The molecule has 0 amide bonds. The molecule has 0 rings (SSSR count). The summed E-state index contributed by atoms with van der Waals surface area (Å²) >= 11 is 0. The minimum absolute atomic E-state index is 0.00257. The lowest BCUT2D eigenvalue weighted by Gasteiger charge is -2.25. The van der Waals surface area contributed by atoms with E-state index in [9.17, 15) is 20.4 Å². The molecule has 4 atom stereocenters. The molecule has 0 fully saturated rings. The Hall–Kier alpha value is -0.560. The fourth-order valence-corrected chi connectivity index (χ4v) is 4.02. The van der Waals surface area contributed by atoms with Crippen LogP contribution in [0.2, 0.25) is 0 Å².